The average molecular weight is 178 g/mol. The van der Waals surface area contributed by atoms with Gasteiger partial charge in [0.25, 0.3) is 0 Å². The standard InChI is InChI=1S/C11H14S/c1-3-4-5-7-10(2)11-8-6-9-12-11/h3,5-10H,1,4H2,2H3/b7-5+/t10-/m1/s1. The molecule has 0 aromatic carbocycles. The summed E-state index contributed by atoms with van der Waals surface area (Å²) in [5.74, 6) is 0.546. The zero-order chi connectivity index (χ0) is 8.81. The van der Waals surface area contributed by atoms with Crippen LogP contribution in [0.3, 0.4) is 0 Å². The Hall–Kier alpha value is -0.820. The first-order valence-corrected chi connectivity index (χ1v) is 5.03. The molecule has 0 bridgehead atoms. The molecule has 0 spiro atoms. The Morgan fingerprint density at radius 2 is 2.50 bits per heavy atom. The van der Waals surface area contributed by atoms with Gasteiger partial charge in [0.15, 0.2) is 0 Å². The molecule has 0 saturated carbocycles. The van der Waals surface area contributed by atoms with Crippen molar-refractivity contribution in [2.24, 2.45) is 0 Å². The van der Waals surface area contributed by atoms with E-state index in [1.54, 1.807) is 0 Å². The van der Waals surface area contributed by atoms with E-state index in [1.807, 2.05) is 17.4 Å². The zero-order valence-corrected chi connectivity index (χ0v) is 8.18. The SMILES string of the molecule is C=CC/C=C/[C@@H](C)c1cccs1. The Kier molecular flexibility index (Phi) is 3.81. The van der Waals surface area contributed by atoms with Crippen molar-refractivity contribution in [1.82, 2.24) is 0 Å². The molecule has 0 aliphatic heterocycles. The molecule has 0 unspecified atom stereocenters. The molecule has 0 amide bonds. The minimum atomic E-state index is 0.546. The fourth-order valence-corrected chi connectivity index (χ4v) is 1.79. The molecule has 64 valence electrons. The summed E-state index contributed by atoms with van der Waals surface area (Å²) < 4.78 is 0. The van der Waals surface area contributed by atoms with E-state index in [0.717, 1.165) is 6.42 Å². The number of thiophene rings is 1. The van der Waals surface area contributed by atoms with E-state index in [-0.39, 0.29) is 0 Å². The third-order valence-corrected chi connectivity index (χ3v) is 2.79. The summed E-state index contributed by atoms with van der Waals surface area (Å²) in [6, 6.07) is 4.27. The van der Waals surface area contributed by atoms with Crippen LogP contribution in [0.1, 0.15) is 24.1 Å². The molecule has 1 aromatic rings. The molecule has 1 rings (SSSR count). The first-order valence-electron chi connectivity index (χ1n) is 4.15. The number of hydrogen-bond acceptors (Lipinski definition) is 1. The van der Waals surface area contributed by atoms with Gasteiger partial charge in [-0.05, 0) is 17.9 Å². The topological polar surface area (TPSA) is 0 Å². The van der Waals surface area contributed by atoms with Crippen LogP contribution in [0.2, 0.25) is 0 Å². The molecule has 0 radical (unpaired) electrons. The van der Waals surface area contributed by atoms with Crippen LogP contribution in [0.25, 0.3) is 0 Å². The maximum atomic E-state index is 3.67. The molecule has 0 aliphatic carbocycles. The van der Waals surface area contributed by atoms with Gasteiger partial charge in [-0.1, -0.05) is 31.2 Å². The Labute approximate surface area is 78.2 Å². The maximum Gasteiger partial charge on any atom is 0.0111 e. The number of allylic oxidation sites excluding steroid dienone is 3. The second-order valence-electron chi connectivity index (χ2n) is 2.76. The number of hydrogen-bond donors (Lipinski definition) is 0. The van der Waals surface area contributed by atoms with Gasteiger partial charge >= 0.3 is 0 Å². The highest BCUT2D eigenvalue weighted by Crippen LogP contribution is 2.21. The summed E-state index contributed by atoms with van der Waals surface area (Å²) in [7, 11) is 0. The lowest BCUT2D eigenvalue weighted by Gasteiger charge is -2.00. The molecular weight excluding hydrogens is 164 g/mol. The van der Waals surface area contributed by atoms with Crippen molar-refractivity contribution in [2.75, 3.05) is 0 Å². The van der Waals surface area contributed by atoms with Crippen LogP contribution in [0.15, 0.2) is 42.3 Å². The summed E-state index contributed by atoms with van der Waals surface area (Å²) in [6.45, 7) is 5.89. The average Bonchev–Trinajstić information content (AvgIpc) is 2.56. The molecule has 1 heterocycles. The lowest BCUT2D eigenvalue weighted by atomic mass is 10.1. The highest BCUT2D eigenvalue weighted by Gasteiger charge is 1.99. The fourth-order valence-electron chi connectivity index (χ4n) is 1.02. The molecule has 0 fully saturated rings. The first-order chi connectivity index (χ1) is 5.84. The van der Waals surface area contributed by atoms with E-state index in [1.165, 1.54) is 4.88 Å². The van der Waals surface area contributed by atoms with Crippen molar-refractivity contribution in [3.63, 3.8) is 0 Å². The van der Waals surface area contributed by atoms with Crippen LogP contribution in [0, 0.1) is 0 Å². The number of rotatable bonds is 4. The van der Waals surface area contributed by atoms with Crippen molar-refractivity contribution >= 4 is 11.3 Å². The molecule has 1 atom stereocenters. The molecule has 1 heteroatoms. The van der Waals surface area contributed by atoms with Crippen molar-refractivity contribution in [3.8, 4) is 0 Å². The smallest absolute Gasteiger partial charge is 0.0111 e. The Bertz CT molecular complexity index is 244. The van der Waals surface area contributed by atoms with Gasteiger partial charge in [-0.25, -0.2) is 0 Å². The van der Waals surface area contributed by atoms with Crippen LogP contribution >= 0.6 is 11.3 Å². The van der Waals surface area contributed by atoms with E-state index in [4.69, 9.17) is 0 Å². The van der Waals surface area contributed by atoms with E-state index in [9.17, 15) is 0 Å². The molecular formula is C11H14S. The summed E-state index contributed by atoms with van der Waals surface area (Å²) in [5.41, 5.74) is 0. The van der Waals surface area contributed by atoms with Crippen LogP contribution in [-0.4, -0.2) is 0 Å². The summed E-state index contributed by atoms with van der Waals surface area (Å²) >= 11 is 1.81. The monoisotopic (exact) mass is 178 g/mol. The zero-order valence-electron chi connectivity index (χ0n) is 7.36. The summed E-state index contributed by atoms with van der Waals surface area (Å²) in [5, 5.41) is 2.12. The molecule has 0 nitrogen and oxygen atoms in total. The molecule has 0 aliphatic rings. The minimum Gasteiger partial charge on any atom is -0.148 e. The van der Waals surface area contributed by atoms with E-state index < -0.39 is 0 Å². The first kappa shape index (κ1) is 9.27. The van der Waals surface area contributed by atoms with Crippen molar-refractivity contribution < 1.29 is 0 Å². The van der Waals surface area contributed by atoms with Crippen molar-refractivity contribution in [2.45, 2.75) is 19.3 Å². The van der Waals surface area contributed by atoms with Gasteiger partial charge in [-0.15, -0.1) is 17.9 Å². The minimum absolute atomic E-state index is 0.546. The van der Waals surface area contributed by atoms with Gasteiger partial charge in [0, 0.05) is 10.8 Å². The van der Waals surface area contributed by atoms with E-state index in [0.29, 0.717) is 5.92 Å². The second-order valence-corrected chi connectivity index (χ2v) is 3.74. The summed E-state index contributed by atoms with van der Waals surface area (Å²) in [4.78, 5) is 1.43. The third kappa shape index (κ3) is 2.67. The lowest BCUT2D eigenvalue weighted by molar-refractivity contribution is 0.990. The molecule has 0 saturated heterocycles. The van der Waals surface area contributed by atoms with Gasteiger partial charge < -0.3 is 0 Å². The van der Waals surface area contributed by atoms with Crippen molar-refractivity contribution in [1.29, 1.82) is 0 Å². The second kappa shape index (κ2) is 4.94. The van der Waals surface area contributed by atoms with Gasteiger partial charge in [0.1, 0.15) is 0 Å². The van der Waals surface area contributed by atoms with Gasteiger partial charge in [0.2, 0.25) is 0 Å². The highest BCUT2D eigenvalue weighted by molar-refractivity contribution is 7.10. The summed E-state index contributed by atoms with van der Waals surface area (Å²) in [6.07, 6.45) is 7.28. The van der Waals surface area contributed by atoms with Gasteiger partial charge in [0.05, 0.1) is 0 Å². The van der Waals surface area contributed by atoms with Crippen LogP contribution in [0.4, 0.5) is 0 Å². The van der Waals surface area contributed by atoms with Crippen LogP contribution in [0.5, 0.6) is 0 Å². The van der Waals surface area contributed by atoms with E-state index >= 15 is 0 Å². The van der Waals surface area contributed by atoms with Gasteiger partial charge in [-0.3, -0.25) is 0 Å². The highest BCUT2D eigenvalue weighted by atomic mass is 32.1. The largest absolute Gasteiger partial charge is 0.148 e. The maximum absolute atomic E-state index is 3.67. The normalized spacial score (nSPS) is 13.4. The predicted octanol–water partition coefficient (Wildman–Crippen LogP) is 3.98. The quantitative estimate of drug-likeness (QED) is 0.612. The van der Waals surface area contributed by atoms with Crippen LogP contribution in [-0.2, 0) is 0 Å². The van der Waals surface area contributed by atoms with Crippen molar-refractivity contribution in [3.05, 3.63) is 47.2 Å². The molecule has 0 N–H and O–H groups in total. The Morgan fingerprint density at radius 1 is 1.67 bits per heavy atom. The fraction of sp³-hybridized carbons (Fsp3) is 0.273. The van der Waals surface area contributed by atoms with Crippen LogP contribution < -0.4 is 0 Å². The van der Waals surface area contributed by atoms with Gasteiger partial charge in [-0.2, -0.15) is 0 Å². The lowest BCUT2D eigenvalue weighted by Crippen LogP contribution is -1.82. The Balaban J connectivity index is 2.49. The Morgan fingerprint density at radius 3 is 3.08 bits per heavy atom. The molecule has 1 aromatic heterocycles. The van der Waals surface area contributed by atoms with E-state index in [2.05, 4.69) is 43.2 Å². The third-order valence-electron chi connectivity index (χ3n) is 1.72. The molecule has 12 heavy (non-hydrogen) atoms. The predicted molar refractivity (Wildman–Crippen MR) is 56.7 cm³/mol.